The Kier molecular flexibility index (Phi) is 5.08. The second-order valence-corrected chi connectivity index (χ2v) is 8.52. The molecule has 0 bridgehead atoms. The van der Waals surface area contributed by atoms with Crippen LogP contribution in [0.3, 0.4) is 0 Å². The second kappa shape index (κ2) is 6.93. The lowest BCUT2D eigenvalue weighted by atomic mass is 10.2. The van der Waals surface area contributed by atoms with Crippen LogP contribution in [0.1, 0.15) is 36.9 Å². The van der Waals surface area contributed by atoms with E-state index in [0.717, 1.165) is 15.7 Å². The number of aromatic nitrogens is 1. The first-order chi connectivity index (χ1) is 11.4. The molecule has 0 saturated heterocycles. The van der Waals surface area contributed by atoms with Gasteiger partial charge in [-0.1, -0.05) is 0 Å². The summed E-state index contributed by atoms with van der Waals surface area (Å²) in [5.74, 6) is 0.148. The molecule has 0 spiro atoms. The van der Waals surface area contributed by atoms with Gasteiger partial charge in [-0.15, -0.1) is 34.7 Å². The summed E-state index contributed by atoms with van der Waals surface area (Å²) in [7, 11) is 0. The second-order valence-electron chi connectivity index (χ2n) is 5.84. The summed E-state index contributed by atoms with van der Waals surface area (Å²) >= 11 is 8.91. The van der Waals surface area contributed by atoms with Crippen LogP contribution >= 0.6 is 34.7 Å². The Labute approximate surface area is 152 Å². The number of hydrogen-bond acceptors (Lipinski definition) is 7. The Morgan fingerprint density at radius 2 is 2.17 bits per heavy atom. The van der Waals surface area contributed by atoms with Gasteiger partial charge in [0.15, 0.2) is 11.6 Å². The van der Waals surface area contributed by atoms with Crippen LogP contribution in [0.5, 0.6) is 0 Å². The SMILES string of the molecule is CC(=O)[C@@H]1CSC(c2csc(CNC(=O)CC(=O)C3(Cl)CC3)n2)=N1. The van der Waals surface area contributed by atoms with Crippen molar-refractivity contribution in [3.8, 4) is 0 Å². The van der Waals surface area contributed by atoms with Crippen molar-refractivity contribution in [2.75, 3.05) is 5.75 Å². The minimum Gasteiger partial charge on any atom is -0.349 e. The summed E-state index contributed by atoms with van der Waals surface area (Å²) in [6.45, 7) is 1.80. The number of thioether (sulfide) groups is 1. The normalized spacial score (nSPS) is 21.2. The molecule has 1 aromatic heterocycles. The molecule has 1 aliphatic carbocycles. The van der Waals surface area contributed by atoms with Crippen LogP contribution in [0, 0.1) is 0 Å². The number of Topliss-reactive ketones (excluding diaryl/α,β-unsaturated/α-hetero) is 2. The molecule has 1 amide bonds. The zero-order chi connectivity index (χ0) is 17.3. The zero-order valence-electron chi connectivity index (χ0n) is 13.0. The van der Waals surface area contributed by atoms with Gasteiger partial charge in [-0.2, -0.15) is 0 Å². The molecule has 1 aliphatic heterocycles. The number of nitrogens with zero attached hydrogens (tertiary/aromatic N) is 2. The van der Waals surface area contributed by atoms with Crippen LogP contribution in [0.4, 0.5) is 0 Å². The first kappa shape index (κ1) is 17.6. The highest BCUT2D eigenvalue weighted by molar-refractivity contribution is 8.14. The number of carbonyl (C=O) groups excluding carboxylic acids is 3. The minimum atomic E-state index is -0.795. The fraction of sp³-hybridized carbons (Fsp3) is 0.533. The monoisotopic (exact) mass is 385 g/mol. The Hall–Kier alpha value is -1.25. The highest BCUT2D eigenvalue weighted by Crippen LogP contribution is 2.43. The molecule has 1 atom stereocenters. The summed E-state index contributed by atoms with van der Waals surface area (Å²) in [4.78, 5) is 42.9. The lowest BCUT2D eigenvalue weighted by Gasteiger charge is -2.05. The van der Waals surface area contributed by atoms with E-state index in [1.54, 1.807) is 0 Å². The largest absolute Gasteiger partial charge is 0.349 e. The maximum absolute atomic E-state index is 11.8. The molecule has 1 aromatic rings. The fourth-order valence-electron chi connectivity index (χ4n) is 2.14. The highest BCUT2D eigenvalue weighted by Gasteiger charge is 2.47. The Morgan fingerprint density at radius 3 is 2.79 bits per heavy atom. The first-order valence-corrected chi connectivity index (χ1v) is 9.76. The minimum absolute atomic E-state index is 0.0533. The molecular formula is C15H16ClN3O3S2. The average Bonchev–Trinajstić information content (AvgIpc) is 2.96. The number of alkyl halides is 1. The summed E-state index contributed by atoms with van der Waals surface area (Å²) in [6.07, 6.45) is 1.11. The molecule has 0 aromatic carbocycles. The van der Waals surface area contributed by atoms with Crippen molar-refractivity contribution in [2.45, 2.75) is 43.6 Å². The van der Waals surface area contributed by atoms with E-state index >= 15 is 0 Å². The molecule has 3 rings (SSSR count). The van der Waals surface area contributed by atoms with Gasteiger partial charge in [-0.05, 0) is 19.8 Å². The number of amides is 1. The number of thiazole rings is 1. The van der Waals surface area contributed by atoms with E-state index in [4.69, 9.17) is 11.6 Å². The predicted octanol–water partition coefficient (Wildman–Crippen LogP) is 1.94. The maximum atomic E-state index is 11.8. The number of hydrogen-bond donors (Lipinski definition) is 1. The van der Waals surface area contributed by atoms with Crippen molar-refractivity contribution in [1.29, 1.82) is 0 Å². The van der Waals surface area contributed by atoms with E-state index in [2.05, 4.69) is 15.3 Å². The number of ketones is 2. The van der Waals surface area contributed by atoms with Crippen molar-refractivity contribution >= 4 is 57.2 Å². The highest BCUT2D eigenvalue weighted by atomic mass is 35.5. The average molecular weight is 386 g/mol. The van der Waals surface area contributed by atoms with Crippen LogP contribution < -0.4 is 5.32 Å². The summed E-state index contributed by atoms with van der Waals surface area (Å²) in [5.41, 5.74) is 0.728. The van der Waals surface area contributed by atoms with Crippen LogP contribution in [0.15, 0.2) is 10.4 Å². The molecule has 0 radical (unpaired) electrons. The lowest BCUT2D eigenvalue weighted by Crippen LogP contribution is -2.28. The zero-order valence-corrected chi connectivity index (χ0v) is 15.4. The van der Waals surface area contributed by atoms with Gasteiger partial charge in [-0.25, -0.2) is 4.98 Å². The molecule has 6 nitrogen and oxygen atoms in total. The van der Waals surface area contributed by atoms with Gasteiger partial charge in [0.1, 0.15) is 26.7 Å². The number of carbonyl (C=O) groups is 3. The summed E-state index contributed by atoms with van der Waals surface area (Å²) < 4.78 is 0. The number of nitrogens with one attached hydrogen (secondary N) is 1. The van der Waals surface area contributed by atoms with E-state index in [-0.39, 0.29) is 36.5 Å². The standard InChI is InChI=1S/C15H16ClN3O3S2/c1-8(20)9-6-24-14(19-9)10-7-23-13(18-10)5-17-12(22)4-11(21)15(16)2-3-15/h7,9H,2-6H2,1H3,(H,17,22)/t9-/m0/s1. The van der Waals surface area contributed by atoms with Crippen LogP contribution in [-0.4, -0.2) is 44.2 Å². The van der Waals surface area contributed by atoms with Crippen molar-refractivity contribution in [1.82, 2.24) is 10.3 Å². The van der Waals surface area contributed by atoms with Crippen LogP contribution in [-0.2, 0) is 20.9 Å². The molecule has 0 unspecified atom stereocenters. The van der Waals surface area contributed by atoms with Crippen molar-refractivity contribution in [3.63, 3.8) is 0 Å². The molecular weight excluding hydrogens is 370 g/mol. The quantitative estimate of drug-likeness (QED) is 0.572. The summed E-state index contributed by atoms with van der Waals surface area (Å²) in [6, 6.07) is -0.286. The van der Waals surface area contributed by atoms with Gasteiger partial charge >= 0.3 is 0 Å². The van der Waals surface area contributed by atoms with E-state index in [9.17, 15) is 14.4 Å². The van der Waals surface area contributed by atoms with Crippen LogP contribution in [0.25, 0.3) is 0 Å². The third-order valence-corrected chi connectivity index (χ3v) is 6.35. The van der Waals surface area contributed by atoms with Crippen molar-refractivity contribution in [3.05, 3.63) is 16.1 Å². The lowest BCUT2D eigenvalue weighted by molar-refractivity contribution is -0.128. The van der Waals surface area contributed by atoms with Gasteiger partial charge in [0.25, 0.3) is 0 Å². The number of aliphatic imine (C=N–C) groups is 1. The van der Waals surface area contributed by atoms with Crippen molar-refractivity contribution < 1.29 is 14.4 Å². The molecule has 2 heterocycles. The molecule has 1 saturated carbocycles. The van der Waals surface area contributed by atoms with Gasteiger partial charge in [0.05, 0.1) is 13.0 Å². The third kappa shape index (κ3) is 4.04. The third-order valence-electron chi connectivity index (χ3n) is 3.84. The Balaban J connectivity index is 1.51. The summed E-state index contributed by atoms with van der Waals surface area (Å²) in [5, 5.41) is 6.04. The smallest absolute Gasteiger partial charge is 0.227 e. The molecule has 24 heavy (non-hydrogen) atoms. The van der Waals surface area contributed by atoms with Gasteiger partial charge < -0.3 is 5.32 Å². The Bertz CT molecular complexity index is 727. The van der Waals surface area contributed by atoms with E-state index in [1.807, 2.05) is 5.38 Å². The van der Waals surface area contributed by atoms with Crippen LogP contribution in [0.2, 0.25) is 0 Å². The Morgan fingerprint density at radius 1 is 1.42 bits per heavy atom. The maximum Gasteiger partial charge on any atom is 0.227 e. The van der Waals surface area contributed by atoms with Gasteiger partial charge in [0.2, 0.25) is 5.91 Å². The predicted molar refractivity (Wildman–Crippen MR) is 94.9 cm³/mol. The van der Waals surface area contributed by atoms with E-state index < -0.39 is 4.87 Å². The molecule has 128 valence electrons. The number of rotatable bonds is 7. The first-order valence-electron chi connectivity index (χ1n) is 7.52. The van der Waals surface area contributed by atoms with Gasteiger partial charge in [0, 0.05) is 11.1 Å². The molecule has 2 aliphatic rings. The molecule has 1 fully saturated rings. The van der Waals surface area contributed by atoms with E-state index in [1.165, 1.54) is 30.0 Å². The topological polar surface area (TPSA) is 88.5 Å². The van der Waals surface area contributed by atoms with E-state index in [0.29, 0.717) is 18.6 Å². The van der Waals surface area contributed by atoms with Gasteiger partial charge in [-0.3, -0.25) is 19.4 Å². The number of halogens is 1. The molecule has 1 N–H and O–H groups in total. The fourth-order valence-corrected chi connectivity index (χ4v) is 4.18. The van der Waals surface area contributed by atoms with Crippen molar-refractivity contribution in [2.24, 2.45) is 4.99 Å². The molecule has 9 heteroatoms.